The van der Waals surface area contributed by atoms with E-state index >= 15 is 0 Å². The molecule has 0 heterocycles. The second-order valence-corrected chi connectivity index (χ2v) is 2.76. The third-order valence-electron chi connectivity index (χ3n) is 1.92. The number of rotatable bonds is 2. The molecule has 0 spiro atoms. The molecule has 1 rings (SSSR count). The van der Waals surface area contributed by atoms with E-state index in [2.05, 4.69) is 50.5 Å². The highest BCUT2D eigenvalue weighted by molar-refractivity contribution is 5.52. The minimum atomic E-state index is 1.09. The van der Waals surface area contributed by atoms with E-state index in [-0.39, 0.29) is 0 Å². The van der Waals surface area contributed by atoms with E-state index in [1.807, 2.05) is 7.05 Å². The van der Waals surface area contributed by atoms with Gasteiger partial charge in [-0.05, 0) is 30.5 Å². The number of anilines is 1. The molecule has 1 aromatic rings. The van der Waals surface area contributed by atoms with Gasteiger partial charge in [0.1, 0.15) is 0 Å². The van der Waals surface area contributed by atoms with Gasteiger partial charge < -0.3 is 5.32 Å². The van der Waals surface area contributed by atoms with Crippen molar-refractivity contribution in [2.24, 2.45) is 0 Å². The van der Waals surface area contributed by atoms with Gasteiger partial charge in [0.25, 0.3) is 0 Å². The molecule has 0 radical (unpaired) electrons. The third kappa shape index (κ3) is 3.32. The van der Waals surface area contributed by atoms with Crippen LogP contribution in [0.1, 0.15) is 18.1 Å². The van der Waals surface area contributed by atoms with Crippen molar-refractivity contribution in [2.45, 2.75) is 20.3 Å². The molecular weight excluding hydrogens is 158 g/mol. The lowest BCUT2D eigenvalue weighted by molar-refractivity contribution is 1.13. The van der Waals surface area contributed by atoms with E-state index in [4.69, 9.17) is 0 Å². The first-order valence-corrected chi connectivity index (χ1v) is 4.55. The van der Waals surface area contributed by atoms with Gasteiger partial charge in [0.05, 0.1) is 0 Å². The standard InChI is InChI=1S/C10H15N.C2H4/c1-4-9-6-5-8(2)7-10(9)11-3;1-2/h5-7,11H,4H2,1-3H3;1-2H2. The molecule has 0 aliphatic carbocycles. The van der Waals surface area contributed by atoms with Crippen LogP contribution in [-0.4, -0.2) is 7.05 Å². The van der Waals surface area contributed by atoms with Crippen LogP contribution in [0.3, 0.4) is 0 Å². The highest BCUT2D eigenvalue weighted by Crippen LogP contribution is 2.16. The topological polar surface area (TPSA) is 12.0 Å². The van der Waals surface area contributed by atoms with Crippen LogP contribution in [0.4, 0.5) is 5.69 Å². The highest BCUT2D eigenvalue weighted by Gasteiger charge is 1.96. The Bertz CT molecular complexity index is 253. The highest BCUT2D eigenvalue weighted by atomic mass is 14.8. The summed E-state index contributed by atoms with van der Waals surface area (Å²) < 4.78 is 0. The predicted molar refractivity (Wildman–Crippen MR) is 61.4 cm³/mol. The van der Waals surface area contributed by atoms with Gasteiger partial charge in [-0.25, -0.2) is 0 Å². The number of hydrogen-bond donors (Lipinski definition) is 1. The van der Waals surface area contributed by atoms with Crippen molar-refractivity contribution in [2.75, 3.05) is 12.4 Å². The minimum absolute atomic E-state index is 1.09. The Balaban J connectivity index is 0.000000671. The van der Waals surface area contributed by atoms with E-state index in [9.17, 15) is 0 Å². The summed E-state index contributed by atoms with van der Waals surface area (Å²) in [5, 5.41) is 3.19. The quantitative estimate of drug-likeness (QED) is 0.683. The second-order valence-electron chi connectivity index (χ2n) is 2.76. The first kappa shape index (κ1) is 11.8. The largest absolute Gasteiger partial charge is 0.388 e. The minimum Gasteiger partial charge on any atom is -0.388 e. The Labute approximate surface area is 81.5 Å². The van der Waals surface area contributed by atoms with Crippen LogP contribution in [0.5, 0.6) is 0 Å². The van der Waals surface area contributed by atoms with E-state index in [1.54, 1.807) is 0 Å². The molecule has 1 aromatic carbocycles. The molecule has 0 amide bonds. The Morgan fingerprint density at radius 1 is 1.31 bits per heavy atom. The van der Waals surface area contributed by atoms with Crippen LogP contribution in [0, 0.1) is 6.92 Å². The molecule has 0 fully saturated rings. The SMILES string of the molecule is C=C.CCc1ccc(C)cc1NC. The lowest BCUT2D eigenvalue weighted by Crippen LogP contribution is -1.94. The molecule has 13 heavy (non-hydrogen) atoms. The molecule has 0 atom stereocenters. The molecule has 0 aliphatic heterocycles. The monoisotopic (exact) mass is 177 g/mol. The Kier molecular flexibility index (Phi) is 5.69. The van der Waals surface area contributed by atoms with Gasteiger partial charge in [0.15, 0.2) is 0 Å². The number of hydrogen-bond acceptors (Lipinski definition) is 1. The zero-order chi connectivity index (χ0) is 10.3. The predicted octanol–water partition coefficient (Wildman–Crippen LogP) is 3.40. The molecule has 0 saturated heterocycles. The zero-order valence-corrected chi connectivity index (χ0v) is 8.85. The summed E-state index contributed by atoms with van der Waals surface area (Å²) in [5.74, 6) is 0. The average molecular weight is 177 g/mol. The Hall–Kier alpha value is -1.24. The molecule has 0 aliphatic rings. The van der Waals surface area contributed by atoms with E-state index in [0.29, 0.717) is 0 Å². The van der Waals surface area contributed by atoms with Gasteiger partial charge >= 0.3 is 0 Å². The number of nitrogens with one attached hydrogen (secondary N) is 1. The maximum atomic E-state index is 3.19. The first-order chi connectivity index (χ1) is 6.27. The number of benzene rings is 1. The summed E-state index contributed by atoms with van der Waals surface area (Å²) in [4.78, 5) is 0. The van der Waals surface area contributed by atoms with Crippen LogP contribution >= 0.6 is 0 Å². The normalized spacial score (nSPS) is 8.54. The van der Waals surface area contributed by atoms with Crippen LogP contribution in [-0.2, 0) is 6.42 Å². The fourth-order valence-electron chi connectivity index (χ4n) is 1.23. The fraction of sp³-hybridized carbons (Fsp3) is 0.333. The molecule has 1 heteroatoms. The van der Waals surface area contributed by atoms with Crippen LogP contribution in [0.25, 0.3) is 0 Å². The summed E-state index contributed by atoms with van der Waals surface area (Å²) in [6, 6.07) is 6.51. The average Bonchev–Trinajstić information content (AvgIpc) is 2.20. The molecular formula is C12H19N. The number of aryl methyl sites for hydroxylation is 2. The molecule has 0 saturated carbocycles. The van der Waals surface area contributed by atoms with Gasteiger partial charge in [0.2, 0.25) is 0 Å². The summed E-state index contributed by atoms with van der Waals surface area (Å²) in [5.41, 5.74) is 3.96. The molecule has 1 N–H and O–H groups in total. The zero-order valence-electron chi connectivity index (χ0n) is 8.85. The summed E-state index contributed by atoms with van der Waals surface area (Å²) in [7, 11) is 1.97. The lowest BCUT2D eigenvalue weighted by atomic mass is 10.1. The smallest absolute Gasteiger partial charge is 0.0372 e. The summed E-state index contributed by atoms with van der Waals surface area (Å²) in [6.45, 7) is 10.3. The van der Waals surface area contributed by atoms with Crippen molar-refractivity contribution in [3.63, 3.8) is 0 Å². The molecule has 1 nitrogen and oxygen atoms in total. The van der Waals surface area contributed by atoms with E-state index in [0.717, 1.165) is 6.42 Å². The second kappa shape index (κ2) is 6.30. The first-order valence-electron chi connectivity index (χ1n) is 4.55. The molecule has 72 valence electrons. The maximum absolute atomic E-state index is 3.19. The van der Waals surface area contributed by atoms with Gasteiger partial charge in [-0.2, -0.15) is 0 Å². The van der Waals surface area contributed by atoms with Crippen molar-refractivity contribution in [3.05, 3.63) is 42.5 Å². The molecule has 0 bridgehead atoms. The van der Waals surface area contributed by atoms with Gasteiger partial charge in [-0.3, -0.25) is 0 Å². The Morgan fingerprint density at radius 2 is 1.92 bits per heavy atom. The van der Waals surface area contributed by atoms with Crippen LogP contribution < -0.4 is 5.32 Å². The van der Waals surface area contributed by atoms with Gasteiger partial charge in [-0.15, -0.1) is 13.2 Å². The van der Waals surface area contributed by atoms with Crippen molar-refractivity contribution in [1.29, 1.82) is 0 Å². The molecule has 0 aromatic heterocycles. The van der Waals surface area contributed by atoms with Crippen molar-refractivity contribution < 1.29 is 0 Å². The summed E-state index contributed by atoms with van der Waals surface area (Å²) >= 11 is 0. The Morgan fingerprint density at radius 3 is 2.38 bits per heavy atom. The van der Waals surface area contributed by atoms with Crippen molar-refractivity contribution >= 4 is 5.69 Å². The van der Waals surface area contributed by atoms with Crippen molar-refractivity contribution in [3.8, 4) is 0 Å². The van der Waals surface area contributed by atoms with E-state index in [1.165, 1.54) is 16.8 Å². The maximum Gasteiger partial charge on any atom is 0.0372 e. The molecule has 0 unspecified atom stereocenters. The lowest BCUT2D eigenvalue weighted by Gasteiger charge is -2.07. The van der Waals surface area contributed by atoms with Crippen molar-refractivity contribution in [1.82, 2.24) is 0 Å². The third-order valence-corrected chi connectivity index (χ3v) is 1.92. The van der Waals surface area contributed by atoms with Crippen LogP contribution in [0.2, 0.25) is 0 Å². The summed E-state index contributed by atoms with van der Waals surface area (Å²) in [6.07, 6.45) is 1.09. The fourth-order valence-corrected chi connectivity index (χ4v) is 1.23. The van der Waals surface area contributed by atoms with E-state index < -0.39 is 0 Å². The van der Waals surface area contributed by atoms with Crippen LogP contribution in [0.15, 0.2) is 31.4 Å². The van der Waals surface area contributed by atoms with Gasteiger partial charge in [-0.1, -0.05) is 19.1 Å². The van der Waals surface area contributed by atoms with Gasteiger partial charge in [0, 0.05) is 12.7 Å².